The minimum absolute atomic E-state index is 0.524. The molecule has 3 nitrogen and oxygen atoms in total. The molecule has 2 aromatic rings. The van der Waals surface area contributed by atoms with Crippen LogP contribution in [0.2, 0.25) is 0 Å². The number of rotatable bonds is 3. The number of nitrogens with zero attached hydrogens (tertiary/aromatic N) is 1. The van der Waals surface area contributed by atoms with Crippen LogP contribution in [0.1, 0.15) is 41.7 Å². The molecule has 1 aliphatic carbocycles. The van der Waals surface area contributed by atoms with Crippen molar-refractivity contribution < 1.29 is 9.84 Å². The fourth-order valence-corrected chi connectivity index (χ4v) is 2.78. The number of hydrogen-bond acceptors (Lipinski definition) is 3. The van der Waals surface area contributed by atoms with Gasteiger partial charge in [-0.2, -0.15) is 5.26 Å². The number of benzene rings is 2. The SMILES string of the molecule is C[C@@H](O)c1ccc(C#N)cc1Oc1ccc2c(c1)CCC2. The largest absolute Gasteiger partial charge is 0.457 e. The predicted octanol–water partition coefficient (Wildman–Crippen LogP) is 3.89. The van der Waals surface area contributed by atoms with Gasteiger partial charge in [0.2, 0.25) is 0 Å². The molecule has 0 aliphatic heterocycles. The van der Waals surface area contributed by atoms with Crippen molar-refractivity contribution >= 4 is 0 Å². The molecule has 0 unspecified atom stereocenters. The highest BCUT2D eigenvalue weighted by Gasteiger charge is 2.14. The molecule has 0 radical (unpaired) electrons. The lowest BCUT2D eigenvalue weighted by molar-refractivity contribution is 0.195. The van der Waals surface area contributed by atoms with Gasteiger partial charge < -0.3 is 9.84 Å². The van der Waals surface area contributed by atoms with Crippen LogP contribution < -0.4 is 4.74 Å². The molecule has 0 bridgehead atoms. The number of aryl methyl sites for hydroxylation is 2. The molecule has 1 aliphatic rings. The van der Waals surface area contributed by atoms with Gasteiger partial charge in [0.1, 0.15) is 11.5 Å². The van der Waals surface area contributed by atoms with Crippen LogP contribution in [-0.4, -0.2) is 5.11 Å². The van der Waals surface area contributed by atoms with Crippen LogP contribution >= 0.6 is 0 Å². The van der Waals surface area contributed by atoms with Gasteiger partial charge in [-0.3, -0.25) is 0 Å². The molecular formula is C18H17NO2. The van der Waals surface area contributed by atoms with E-state index in [1.807, 2.05) is 6.07 Å². The summed E-state index contributed by atoms with van der Waals surface area (Å²) in [6, 6.07) is 13.3. The molecule has 0 spiro atoms. The number of nitriles is 1. The van der Waals surface area contributed by atoms with Crippen molar-refractivity contribution in [2.24, 2.45) is 0 Å². The quantitative estimate of drug-likeness (QED) is 0.927. The summed E-state index contributed by atoms with van der Waals surface area (Å²) in [6.45, 7) is 1.69. The van der Waals surface area contributed by atoms with Crippen LogP contribution in [0.4, 0.5) is 0 Å². The molecule has 0 amide bonds. The fourth-order valence-electron chi connectivity index (χ4n) is 2.78. The van der Waals surface area contributed by atoms with Crippen molar-refractivity contribution in [3.8, 4) is 17.6 Å². The molecule has 21 heavy (non-hydrogen) atoms. The Balaban J connectivity index is 1.95. The monoisotopic (exact) mass is 279 g/mol. The van der Waals surface area contributed by atoms with Crippen molar-refractivity contribution in [2.45, 2.75) is 32.3 Å². The van der Waals surface area contributed by atoms with Gasteiger partial charge in [-0.25, -0.2) is 0 Å². The van der Waals surface area contributed by atoms with Crippen molar-refractivity contribution in [1.82, 2.24) is 0 Å². The maximum atomic E-state index is 9.84. The highest BCUT2D eigenvalue weighted by Crippen LogP contribution is 2.33. The molecule has 0 saturated carbocycles. The fraction of sp³-hybridized carbons (Fsp3) is 0.278. The van der Waals surface area contributed by atoms with E-state index in [0.717, 1.165) is 18.6 Å². The first-order valence-electron chi connectivity index (χ1n) is 7.19. The third-order valence-electron chi connectivity index (χ3n) is 3.89. The van der Waals surface area contributed by atoms with Gasteiger partial charge in [0, 0.05) is 5.56 Å². The Hall–Kier alpha value is -2.31. The van der Waals surface area contributed by atoms with E-state index in [4.69, 9.17) is 10.00 Å². The van der Waals surface area contributed by atoms with Gasteiger partial charge in [-0.05, 0) is 61.6 Å². The summed E-state index contributed by atoms with van der Waals surface area (Å²) >= 11 is 0. The third-order valence-corrected chi connectivity index (χ3v) is 3.89. The van der Waals surface area contributed by atoms with Crippen LogP contribution in [0, 0.1) is 11.3 Å². The number of aliphatic hydroxyl groups is 1. The molecule has 1 atom stereocenters. The summed E-state index contributed by atoms with van der Waals surface area (Å²) in [6.07, 6.45) is 2.79. The first kappa shape index (κ1) is 13.7. The third kappa shape index (κ3) is 2.76. The first-order valence-corrected chi connectivity index (χ1v) is 7.19. The molecule has 1 N–H and O–H groups in total. The zero-order chi connectivity index (χ0) is 14.8. The Kier molecular flexibility index (Phi) is 3.64. The molecule has 0 heterocycles. The Morgan fingerprint density at radius 1 is 1.14 bits per heavy atom. The van der Waals surface area contributed by atoms with E-state index >= 15 is 0 Å². The maximum absolute atomic E-state index is 9.84. The number of ether oxygens (including phenoxy) is 1. The minimum atomic E-state index is -0.637. The smallest absolute Gasteiger partial charge is 0.134 e. The molecule has 3 rings (SSSR count). The van der Waals surface area contributed by atoms with E-state index in [0.29, 0.717) is 16.9 Å². The summed E-state index contributed by atoms with van der Waals surface area (Å²) in [7, 11) is 0. The molecule has 2 aromatic carbocycles. The first-order chi connectivity index (χ1) is 10.2. The van der Waals surface area contributed by atoms with Crippen LogP contribution in [0.3, 0.4) is 0 Å². The highest BCUT2D eigenvalue weighted by atomic mass is 16.5. The Labute approximate surface area is 124 Å². The molecule has 0 fully saturated rings. The number of aliphatic hydroxyl groups excluding tert-OH is 1. The van der Waals surface area contributed by atoms with Gasteiger partial charge in [-0.15, -0.1) is 0 Å². The van der Waals surface area contributed by atoms with Crippen LogP contribution in [0.5, 0.6) is 11.5 Å². The standard InChI is InChI=1S/C18H17NO2/c1-12(20)17-8-5-13(11-19)9-18(17)21-16-7-6-14-3-2-4-15(14)10-16/h5-10,12,20H,2-4H2,1H3/t12-/m1/s1. The molecule has 0 aromatic heterocycles. The van der Waals surface area contributed by atoms with E-state index in [2.05, 4.69) is 18.2 Å². The summed E-state index contributed by atoms with van der Waals surface area (Å²) in [5.74, 6) is 1.30. The van der Waals surface area contributed by atoms with E-state index in [-0.39, 0.29) is 0 Å². The molecule has 3 heteroatoms. The lowest BCUT2D eigenvalue weighted by Gasteiger charge is -2.14. The zero-order valence-corrected chi connectivity index (χ0v) is 12.0. The zero-order valence-electron chi connectivity index (χ0n) is 12.0. The predicted molar refractivity (Wildman–Crippen MR) is 80.3 cm³/mol. The highest BCUT2D eigenvalue weighted by molar-refractivity contribution is 5.47. The molecule has 106 valence electrons. The summed E-state index contributed by atoms with van der Waals surface area (Å²) in [5.41, 5.74) is 3.94. The van der Waals surface area contributed by atoms with Crippen molar-refractivity contribution in [3.63, 3.8) is 0 Å². The summed E-state index contributed by atoms with van der Waals surface area (Å²) in [5, 5.41) is 18.9. The lowest BCUT2D eigenvalue weighted by atomic mass is 10.1. The van der Waals surface area contributed by atoms with Gasteiger partial charge in [0.25, 0.3) is 0 Å². The van der Waals surface area contributed by atoms with Crippen molar-refractivity contribution in [3.05, 3.63) is 58.7 Å². The lowest BCUT2D eigenvalue weighted by Crippen LogP contribution is -1.97. The van der Waals surface area contributed by atoms with Crippen LogP contribution in [0.25, 0.3) is 0 Å². The Morgan fingerprint density at radius 3 is 2.71 bits per heavy atom. The minimum Gasteiger partial charge on any atom is -0.457 e. The van der Waals surface area contributed by atoms with Crippen molar-refractivity contribution in [2.75, 3.05) is 0 Å². The van der Waals surface area contributed by atoms with E-state index < -0.39 is 6.10 Å². The van der Waals surface area contributed by atoms with Gasteiger partial charge >= 0.3 is 0 Å². The van der Waals surface area contributed by atoms with E-state index in [1.165, 1.54) is 17.5 Å². The number of hydrogen-bond donors (Lipinski definition) is 1. The van der Waals surface area contributed by atoms with E-state index in [9.17, 15) is 5.11 Å². The van der Waals surface area contributed by atoms with Crippen molar-refractivity contribution in [1.29, 1.82) is 5.26 Å². The van der Waals surface area contributed by atoms with Crippen LogP contribution in [-0.2, 0) is 12.8 Å². The van der Waals surface area contributed by atoms with Crippen LogP contribution in [0.15, 0.2) is 36.4 Å². The normalized spacial score (nSPS) is 14.3. The summed E-state index contributed by atoms with van der Waals surface area (Å²) in [4.78, 5) is 0. The van der Waals surface area contributed by atoms with Gasteiger partial charge in [0.05, 0.1) is 17.7 Å². The average molecular weight is 279 g/mol. The average Bonchev–Trinajstić information content (AvgIpc) is 2.94. The molecule has 0 saturated heterocycles. The molecular weight excluding hydrogens is 262 g/mol. The Morgan fingerprint density at radius 2 is 1.95 bits per heavy atom. The Bertz CT molecular complexity index is 714. The van der Waals surface area contributed by atoms with Gasteiger partial charge in [0.15, 0.2) is 0 Å². The maximum Gasteiger partial charge on any atom is 0.134 e. The topological polar surface area (TPSA) is 53.2 Å². The summed E-state index contributed by atoms with van der Waals surface area (Å²) < 4.78 is 5.93. The van der Waals surface area contributed by atoms with E-state index in [1.54, 1.807) is 25.1 Å². The number of fused-ring (bicyclic) bond motifs is 1. The second-order valence-electron chi connectivity index (χ2n) is 5.43. The second kappa shape index (κ2) is 5.59. The van der Waals surface area contributed by atoms with Gasteiger partial charge in [-0.1, -0.05) is 12.1 Å². The second-order valence-corrected chi connectivity index (χ2v) is 5.43.